The van der Waals surface area contributed by atoms with E-state index in [1.165, 1.54) is 0 Å². The number of carbonyl (C=O) groups is 1. The molecule has 0 aliphatic carbocycles. The monoisotopic (exact) mass is 377 g/mol. The van der Waals surface area contributed by atoms with Crippen LogP contribution in [0.3, 0.4) is 0 Å². The van der Waals surface area contributed by atoms with Gasteiger partial charge in [0.15, 0.2) is 5.96 Å². The zero-order valence-corrected chi connectivity index (χ0v) is 16.2. The SMILES string of the molecule is CCCS(=O)(=O)N1CCC(NC(=NC)NCC(=O)NCCOC)CC1. The van der Waals surface area contributed by atoms with Crippen LogP contribution in [-0.2, 0) is 19.6 Å². The standard InChI is InChI=1S/C15H31N5O4S/c1-4-11-25(22,23)20-8-5-13(6-9-20)19-15(16-2)18-12-14(21)17-7-10-24-3/h13H,4-12H2,1-3H3,(H,17,21)(H2,16,18,19). The third kappa shape index (κ3) is 8.02. The molecule has 1 heterocycles. The van der Waals surface area contributed by atoms with Crippen LogP contribution in [0.5, 0.6) is 0 Å². The number of amides is 1. The summed E-state index contributed by atoms with van der Waals surface area (Å²) in [6, 6.07) is 0.135. The molecule has 9 nitrogen and oxygen atoms in total. The number of aliphatic imine (C=N–C) groups is 1. The van der Waals surface area contributed by atoms with Crippen LogP contribution in [-0.4, -0.2) is 83.3 Å². The number of hydrogen-bond donors (Lipinski definition) is 3. The van der Waals surface area contributed by atoms with Gasteiger partial charge in [-0.3, -0.25) is 9.79 Å². The molecule has 146 valence electrons. The molecular weight excluding hydrogens is 346 g/mol. The van der Waals surface area contributed by atoms with E-state index in [2.05, 4.69) is 20.9 Å². The third-order valence-corrected chi connectivity index (χ3v) is 5.99. The van der Waals surface area contributed by atoms with E-state index in [1.54, 1.807) is 18.5 Å². The molecule has 0 bridgehead atoms. The number of nitrogens with zero attached hydrogens (tertiary/aromatic N) is 2. The second-order valence-electron chi connectivity index (χ2n) is 5.90. The van der Waals surface area contributed by atoms with Crippen LogP contribution in [0.2, 0.25) is 0 Å². The highest BCUT2D eigenvalue weighted by Crippen LogP contribution is 2.15. The van der Waals surface area contributed by atoms with Crippen molar-refractivity contribution in [3.63, 3.8) is 0 Å². The molecule has 1 fully saturated rings. The molecule has 0 unspecified atom stereocenters. The van der Waals surface area contributed by atoms with Crippen molar-refractivity contribution in [3.8, 4) is 0 Å². The molecule has 0 spiro atoms. The van der Waals surface area contributed by atoms with Crippen molar-refractivity contribution in [2.24, 2.45) is 4.99 Å². The van der Waals surface area contributed by atoms with E-state index < -0.39 is 10.0 Å². The van der Waals surface area contributed by atoms with E-state index in [0.29, 0.717) is 51.5 Å². The maximum atomic E-state index is 12.1. The second kappa shape index (κ2) is 11.3. The van der Waals surface area contributed by atoms with Crippen LogP contribution in [0.1, 0.15) is 26.2 Å². The normalized spacial score (nSPS) is 17.3. The van der Waals surface area contributed by atoms with E-state index in [4.69, 9.17) is 4.74 Å². The van der Waals surface area contributed by atoms with Gasteiger partial charge < -0.3 is 20.7 Å². The molecule has 0 radical (unpaired) electrons. The number of rotatable bonds is 9. The number of guanidine groups is 1. The van der Waals surface area contributed by atoms with Gasteiger partial charge in [-0.2, -0.15) is 0 Å². The van der Waals surface area contributed by atoms with Crippen molar-refractivity contribution >= 4 is 21.9 Å². The third-order valence-electron chi connectivity index (χ3n) is 3.92. The summed E-state index contributed by atoms with van der Waals surface area (Å²) < 4.78 is 30.6. The largest absolute Gasteiger partial charge is 0.383 e. The Kier molecular flexibility index (Phi) is 9.76. The van der Waals surface area contributed by atoms with Crippen molar-refractivity contribution in [3.05, 3.63) is 0 Å². The lowest BCUT2D eigenvalue weighted by Gasteiger charge is -2.32. The van der Waals surface area contributed by atoms with Crippen molar-refractivity contribution in [1.29, 1.82) is 0 Å². The van der Waals surface area contributed by atoms with Crippen LogP contribution in [0.4, 0.5) is 0 Å². The molecule has 0 atom stereocenters. The van der Waals surface area contributed by atoms with Crippen LogP contribution in [0, 0.1) is 0 Å². The highest BCUT2D eigenvalue weighted by Gasteiger charge is 2.27. The van der Waals surface area contributed by atoms with Crippen molar-refractivity contribution in [2.75, 3.05) is 52.7 Å². The first-order chi connectivity index (χ1) is 11.9. The molecular formula is C15H31N5O4S. The van der Waals surface area contributed by atoms with Crippen LogP contribution < -0.4 is 16.0 Å². The summed E-state index contributed by atoms with van der Waals surface area (Å²) in [6.07, 6.45) is 2.05. The van der Waals surface area contributed by atoms with Gasteiger partial charge in [-0.05, 0) is 19.3 Å². The first kappa shape index (κ1) is 21.7. The summed E-state index contributed by atoms with van der Waals surface area (Å²) in [4.78, 5) is 15.8. The molecule has 0 saturated carbocycles. The Labute approximate surface area is 150 Å². The Hall–Kier alpha value is -1.39. The van der Waals surface area contributed by atoms with Gasteiger partial charge in [0, 0.05) is 39.8 Å². The number of hydrogen-bond acceptors (Lipinski definition) is 5. The lowest BCUT2D eigenvalue weighted by Crippen LogP contribution is -2.51. The van der Waals surface area contributed by atoms with Crippen molar-refractivity contribution in [2.45, 2.75) is 32.2 Å². The minimum atomic E-state index is -3.13. The average Bonchev–Trinajstić information content (AvgIpc) is 2.59. The number of piperidine rings is 1. The molecule has 1 rings (SSSR count). The van der Waals surface area contributed by atoms with Gasteiger partial charge in [0.2, 0.25) is 15.9 Å². The minimum Gasteiger partial charge on any atom is -0.383 e. The van der Waals surface area contributed by atoms with Crippen LogP contribution in [0.25, 0.3) is 0 Å². The number of methoxy groups -OCH3 is 1. The van der Waals surface area contributed by atoms with E-state index >= 15 is 0 Å². The zero-order chi connectivity index (χ0) is 18.7. The second-order valence-corrected chi connectivity index (χ2v) is 7.99. The smallest absolute Gasteiger partial charge is 0.239 e. The first-order valence-electron chi connectivity index (χ1n) is 8.63. The Bertz CT molecular complexity index is 530. The predicted molar refractivity (Wildman–Crippen MR) is 98.1 cm³/mol. The fourth-order valence-electron chi connectivity index (χ4n) is 2.57. The summed E-state index contributed by atoms with van der Waals surface area (Å²) in [6.45, 7) is 3.94. The lowest BCUT2D eigenvalue weighted by atomic mass is 10.1. The van der Waals surface area contributed by atoms with E-state index in [-0.39, 0.29) is 24.2 Å². The molecule has 1 saturated heterocycles. The Balaban J connectivity index is 2.34. The highest BCUT2D eigenvalue weighted by atomic mass is 32.2. The molecule has 3 N–H and O–H groups in total. The number of sulfonamides is 1. The lowest BCUT2D eigenvalue weighted by molar-refractivity contribution is -0.120. The maximum Gasteiger partial charge on any atom is 0.239 e. The van der Waals surface area contributed by atoms with Crippen LogP contribution >= 0.6 is 0 Å². The number of carbonyl (C=O) groups excluding carboxylic acids is 1. The van der Waals surface area contributed by atoms with Gasteiger partial charge >= 0.3 is 0 Å². The fraction of sp³-hybridized carbons (Fsp3) is 0.867. The summed E-state index contributed by atoms with van der Waals surface area (Å²) >= 11 is 0. The molecule has 1 aliphatic rings. The summed E-state index contributed by atoms with van der Waals surface area (Å²) in [5.74, 6) is 0.601. The van der Waals surface area contributed by atoms with Gasteiger partial charge in [0.05, 0.1) is 18.9 Å². The van der Waals surface area contributed by atoms with Crippen LogP contribution in [0.15, 0.2) is 4.99 Å². The fourth-order valence-corrected chi connectivity index (χ4v) is 4.11. The van der Waals surface area contributed by atoms with E-state index in [9.17, 15) is 13.2 Å². The van der Waals surface area contributed by atoms with Gasteiger partial charge in [-0.15, -0.1) is 0 Å². The number of ether oxygens (including phenoxy) is 1. The average molecular weight is 378 g/mol. The van der Waals surface area contributed by atoms with Crippen molar-refractivity contribution < 1.29 is 17.9 Å². The Morgan fingerprint density at radius 2 is 1.96 bits per heavy atom. The zero-order valence-electron chi connectivity index (χ0n) is 15.4. The highest BCUT2D eigenvalue weighted by molar-refractivity contribution is 7.89. The molecule has 0 aromatic heterocycles. The molecule has 10 heteroatoms. The van der Waals surface area contributed by atoms with Crippen molar-refractivity contribution in [1.82, 2.24) is 20.3 Å². The van der Waals surface area contributed by atoms with Gasteiger partial charge in [-0.1, -0.05) is 6.92 Å². The maximum absolute atomic E-state index is 12.1. The van der Waals surface area contributed by atoms with E-state index in [1.807, 2.05) is 6.92 Å². The van der Waals surface area contributed by atoms with Gasteiger partial charge in [0.1, 0.15) is 0 Å². The summed E-state index contributed by atoms with van der Waals surface area (Å²) in [5, 5.41) is 8.92. The Morgan fingerprint density at radius 3 is 2.52 bits per heavy atom. The van der Waals surface area contributed by atoms with Gasteiger partial charge in [0.25, 0.3) is 0 Å². The summed E-state index contributed by atoms with van der Waals surface area (Å²) in [7, 11) is 0.0893. The molecule has 0 aromatic carbocycles. The topological polar surface area (TPSA) is 112 Å². The summed E-state index contributed by atoms with van der Waals surface area (Å²) in [5.41, 5.74) is 0. The first-order valence-corrected chi connectivity index (χ1v) is 10.2. The molecule has 0 aromatic rings. The molecule has 1 amide bonds. The minimum absolute atomic E-state index is 0.118. The predicted octanol–water partition coefficient (Wildman–Crippen LogP) is -0.882. The number of nitrogens with one attached hydrogen (secondary N) is 3. The molecule has 1 aliphatic heterocycles. The van der Waals surface area contributed by atoms with E-state index in [0.717, 1.165) is 0 Å². The molecule has 25 heavy (non-hydrogen) atoms. The Morgan fingerprint density at radius 1 is 1.28 bits per heavy atom. The quantitative estimate of drug-likeness (QED) is 0.273. The van der Waals surface area contributed by atoms with Gasteiger partial charge in [-0.25, -0.2) is 12.7 Å².